The van der Waals surface area contributed by atoms with Crippen LogP contribution in [0, 0.1) is 0 Å². The average Bonchev–Trinajstić information content (AvgIpc) is 3.34. The van der Waals surface area contributed by atoms with Crippen molar-refractivity contribution in [2.45, 2.75) is 37.8 Å². The van der Waals surface area contributed by atoms with Gasteiger partial charge in [-0.25, -0.2) is 8.42 Å². The van der Waals surface area contributed by atoms with Crippen LogP contribution in [0.15, 0.2) is 57.0 Å². The molecule has 194 valence electrons. The Balaban J connectivity index is 1.63. The van der Waals surface area contributed by atoms with Crippen LogP contribution in [0.25, 0.3) is 11.5 Å². The third-order valence-electron chi connectivity index (χ3n) is 5.01. The van der Waals surface area contributed by atoms with Crippen molar-refractivity contribution in [2.24, 2.45) is 0 Å². The second kappa shape index (κ2) is 12.7. The molecule has 12 heteroatoms. The fourth-order valence-electron chi connectivity index (χ4n) is 3.33. The van der Waals surface area contributed by atoms with Gasteiger partial charge in [0, 0.05) is 24.7 Å². The van der Waals surface area contributed by atoms with Crippen LogP contribution in [-0.4, -0.2) is 60.9 Å². The zero-order valence-corrected chi connectivity index (χ0v) is 22.3. The molecular weight excluding hydrogens is 504 g/mol. The Hall–Kier alpha value is -3.09. The SMILES string of the molecule is CCOc1ccc(OCC)c(NC(=O)CSc2nnc(-c3ccc(S(=O)(=O)N(CC)CC)cc3)o2)c1. The smallest absolute Gasteiger partial charge is 0.277 e. The molecule has 0 aliphatic rings. The maximum Gasteiger partial charge on any atom is 0.277 e. The molecule has 0 saturated heterocycles. The molecule has 1 N–H and O–H groups in total. The van der Waals surface area contributed by atoms with E-state index in [1.54, 1.807) is 44.2 Å². The van der Waals surface area contributed by atoms with E-state index in [-0.39, 0.29) is 27.7 Å². The summed E-state index contributed by atoms with van der Waals surface area (Å²) in [5, 5.41) is 11.0. The Morgan fingerprint density at radius 2 is 1.69 bits per heavy atom. The Morgan fingerprint density at radius 3 is 2.33 bits per heavy atom. The molecule has 0 aliphatic carbocycles. The molecule has 1 aromatic heterocycles. The van der Waals surface area contributed by atoms with Crippen LogP contribution < -0.4 is 14.8 Å². The van der Waals surface area contributed by atoms with Crippen molar-refractivity contribution in [1.29, 1.82) is 0 Å². The van der Waals surface area contributed by atoms with Crippen LogP contribution >= 0.6 is 11.8 Å². The number of ether oxygens (including phenoxy) is 2. The second-order valence-corrected chi connectivity index (χ2v) is 10.2. The summed E-state index contributed by atoms with van der Waals surface area (Å²) >= 11 is 1.09. The maximum absolute atomic E-state index is 12.7. The molecule has 0 spiro atoms. The van der Waals surface area contributed by atoms with Gasteiger partial charge in [0.15, 0.2) is 0 Å². The molecule has 2 aromatic carbocycles. The molecule has 3 rings (SSSR count). The minimum atomic E-state index is -3.55. The van der Waals surface area contributed by atoms with E-state index in [4.69, 9.17) is 13.9 Å². The summed E-state index contributed by atoms with van der Waals surface area (Å²) in [6.45, 7) is 9.08. The Labute approximate surface area is 215 Å². The molecule has 0 radical (unpaired) electrons. The van der Waals surface area contributed by atoms with Gasteiger partial charge in [0.1, 0.15) is 11.5 Å². The first kappa shape index (κ1) is 27.5. The summed E-state index contributed by atoms with van der Waals surface area (Å²) in [6, 6.07) is 11.5. The molecular formula is C24H30N4O6S2. The van der Waals surface area contributed by atoms with Gasteiger partial charge < -0.3 is 19.2 Å². The first-order valence-electron chi connectivity index (χ1n) is 11.6. The zero-order valence-electron chi connectivity index (χ0n) is 20.7. The van der Waals surface area contributed by atoms with Crippen molar-refractivity contribution >= 4 is 33.4 Å². The second-order valence-electron chi connectivity index (χ2n) is 7.35. The van der Waals surface area contributed by atoms with Crippen molar-refractivity contribution in [3.05, 3.63) is 42.5 Å². The molecule has 0 atom stereocenters. The number of hydrogen-bond donors (Lipinski definition) is 1. The first-order chi connectivity index (χ1) is 17.3. The molecule has 0 unspecified atom stereocenters. The lowest BCUT2D eigenvalue weighted by Gasteiger charge is -2.18. The summed E-state index contributed by atoms with van der Waals surface area (Å²) in [5.74, 6) is 1.16. The van der Waals surface area contributed by atoms with Crippen molar-refractivity contribution in [1.82, 2.24) is 14.5 Å². The van der Waals surface area contributed by atoms with Crippen LogP contribution in [0.3, 0.4) is 0 Å². The number of carbonyl (C=O) groups is 1. The van der Waals surface area contributed by atoms with Gasteiger partial charge in [0.05, 0.1) is 29.5 Å². The van der Waals surface area contributed by atoms with Crippen molar-refractivity contribution in [3.63, 3.8) is 0 Å². The van der Waals surface area contributed by atoms with E-state index in [0.717, 1.165) is 11.8 Å². The summed E-state index contributed by atoms with van der Waals surface area (Å²) in [7, 11) is -3.55. The molecule has 36 heavy (non-hydrogen) atoms. The van der Waals surface area contributed by atoms with Crippen LogP contribution in [0.5, 0.6) is 11.5 Å². The maximum atomic E-state index is 12.7. The van der Waals surface area contributed by atoms with Crippen LogP contribution in [0.1, 0.15) is 27.7 Å². The highest BCUT2D eigenvalue weighted by Gasteiger charge is 2.22. The van der Waals surface area contributed by atoms with E-state index in [0.29, 0.717) is 49.1 Å². The van der Waals surface area contributed by atoms with Crippen LogP contribution in [-0.2, 0) is 14.8 Å². The Morgan fingerprint density at radius 1 is 1.00 bits per heavy atom. The van der Waals surface area contributed by atoms with Gasteiger partial charge in [-0.1, -0.05) is 25.6 Å². The van der Waals surface area contributed by atoms with Gasteiger partial charge in [0.25, 0.3) is 5.22 Å². The fraction of sp³-hybridized carbons (Fsp3) is 0.375. The molecule has 10 nitrogen and oxygen atoms in total. The summed E-state index contributed by atoms with van der Waals surface area (Å²) in [6.07, 6.45) is 0. The normalized spacial score (nSPS) is 11.5. The van der Waals surface area contributed by atoms with Crippen molar-refractivity contribution in [3.8, 4) is 23.0 Å². The fourth-order valence-corrected chi connectivity index (χ4v) is 5.35. The lowest BCUT2D eigenvalue weighted by molar-refractivity contribution is -0.113. The standard InChI is InChI=1S/C24H30N4O6S2/c1-5-28(6-2)36(30,31)19-12-9-17(10-13-19)23-26-27-24(34-23)35-16-22(29)25-20-15-18(32-7-3)11-14-21(20)33-8-4/h9-15H,5-8,16H2,1-4H3,(H,25,29). The average molecular weight is 535 g/mol. The van der Waals surface area contributed by atoms with E-state index in [1.807, 2.05) is 13.8 Å². The van der Waals surface area contributed by atoms with Gasteiger partial charge in [0.2, 0.25) is 21.8 Å². The molecule has 1 amide bonds. The van der Waals surface area contributed by atoms with E-state index >= 15 is 0 Å². The summed E-state index contributed by atoms with van der Waals surface area (Å²) in [4.78, 5) is 12.7. The Kier molecular flexibility index (Phi) is 9.73. The predicted octanol–water partition coefficient (Wildman–Crippen LogP) is 4.30. The lowest BCUT2D eigenvalue weighted by Crippen LogP contribution is -2.30. The quantitative estimate of drug-likeness (QED) is 0.320. The lowest BCUT2D eigenvalue weighted by atomic mass is 10.2. The molecule has 0 fully saturated rings. The van der Waals surface area contributed by atoms with E-state index in [2.05, 4.69) is 15.5 Å². The van der Waals surface area contributed by atoms with Gasteiger partial charge in [-0.2, -0.15) is 4.31 Å². The van der Waals surface area contributed by atoms with E-state index in [9.17, 15) is 13.2 Å². The number of carbonyl (C=O) groups excluding carboxylic acids is 1. The minimum absolute atomic E-state index is 0.0348. The number of sulfonamides is 1. The minimum Gasteiger partial charge on any atom is -0.494 e. The number of nitrogens with one attached hydrogen (secondary N) is 1. The van der Waals surface area contributed by atoms with Gasteiger partial charge in [-0.15, -0.1) is 10.2 Å². The zero-order chi connectivity index (χ0) is 26.1. The first-order valence-corrected chi connectivity index (χ1v) is 14.0. The molecule has 1 heterocycles. The molecule has 0 saturated carbocycles. The van der Waals surface area contributed by atoms with Crippen molar-refractivity contribution in [2.75, 3.05) is 37.4 Å². The summed E-state index contributed by atoms with van der Waals surface area (Å²) in [5.41, 5.74) is 1.09. The molecule has 0 bridgehead atoms. The number of hydrogen-bond acceptors (Lipinski definition) is 9. The number of amides is 1. The van der Waals surface area contributed by atoms with Crippen molar-refractivity contribution < 1.29 is 27.1 Å². The third kappa shape index (κ3) is 6.77. The Bertz CT molecular complexity index is 1260. The highest BCUT2D eigenvalue weighted by atomic mass is 32.2. The van der Waals surface area contributed by atoms with Gasteiger partial charge in [-0.05, 0) is 50.2 Å². The number of benzene rings is 2. The topological polar surface area (TPSA) is 124 Å². The number of thioether (sulfide) groups is 1. The van der Waals surface area contributed by atoms with E-state index in [1.165, 1.54) is 16.4 Å². The number of aromatic nitrogens is 2. The highest BCUT2D eigenvalue weighted by molar-refractivity contribution is 7.99. The van der Waals surface area contributed by atoms with Gasteiger partial charge in [-0.3, -0.25) is 4.79 Å². The van der Waals surface area contributed by atoms with E-state index < -0.39 is 10.0 Å². The number of nitrogens with zero attached hydrogens (tertiary/aromatic N) is 3. The third-order valence-corrected chi connectivity index (χ3v) is 7.90. The van der Waals surface area contributed by atoms with Crippen LogP contribution in [0.2, 0.25) is 0 Å². The highest BCUT2D eigenvalue weighted by Crippen LogP contribution is 2.30. The largest absolute Gasteiger partial charge is 0.494 e. The van der Waals surface area contributed by atoms with Gasteiger partial charge >= 0.3 is 0 Å². The molecule has 0 aliphatic heterocycles. The molecule has 3 aromatic rings. The number of rotatable bonds is 13. The monoisotopic (exact) mass is 534 g/mol. The summed E-state index contributed by atoms with van der Waals surface area (Å²) < 4.78 is 43.4. The predicted molar refractivity (Wildman–Crippen MR) is 138 cm³/mol. The van der Waals surface area contributed by atoms with Crippen LogP contribution in [0.4, 0.5) is 5.69 Å². The number of anilines is 1.